The minimum atomic E-state index is -0.760. The number of methoxy groups -OCH3 is 3. The number of Topliss-reactive ketones (excluding diaryl/α,β-unsaturated/α-hetero) is 1. The fourth-order valence-corrected chi connectivity index (χ4v) is 5.39. The number of aliphatic hydroxyl groups excluding tert-OH is 1. The zero-order chi connectivity index (χ0) is 29.3. The number of hydrogen-bond donors (Lipinski definition) is 2. The summed E-state index contributed by atoms with van der Waals surface area (Å²) in [5.74, 6) is 0.304. The predicted molar refractivity (Wildman–Crippen MR) is 158 cm³/mol. The Labute approximate surface area is 239 Å². The summed E-state index contributed by atoms with van der Waals surface area (Å²) in [7, 11) is 4.64. The van der Waals surface area contributed by atoms with E-state index in [1.54, 1.807) is 30.2 Å². The van der Waals surface area contributed by atoms with E-state index in [-0.39, 0.29) is 17.9 Å². The third-order valence-electron chi connectivity index (χ3n) is 7.71. The van der Waals surface area contributed by atoms with Crippen molar-refractivity contribution >= 4 is 28.4 Å². The van der Waals surface area contributed by atoms with Crippen LogP contribution in [0.5, 0.6) is 17.2 Å². The zero-order valence-electron chi connectivity index (χ0n) is 23.9. The third kappa shape index (κ3) is 5.13. The predicted octanol–water partition coefficient (Wildman–Crippen LogP) is 5.98. The summed E-state index contributed by atoms with van der Waals surface area (Å²) in [5.41, 5.74) is 4.23. The van der Waals surface area contributed by atoms with Gasteiger partial charge in [0.1, 0.15) is 11.5 Å². The van der Waals surface area contributed by atoms with Crippen LogP contribution in [-0.2, 0) is 16.0 Å². The van der Waals surface area contributed by atoms with E-state index in [1.807, 2.05) is 48.7 Å². The molecule has 4 aromatic rings. The van der Waals surface area contributed by atoms with Gasteiger partial charge in [0.15, 0.2) is 11.5 Å². The summed E-state index contributed by atoms with van der Waals surface area (Å²) in [6.45, 7) is 4.48. The van der Waals surface area contributed by atoms with Gasteiger partial charge >= 0.3 is 0 Å². The van der Waals surface area contributed by atoms with Crippen LogP contribution in [0.15, 0.2) is 72.4 Å². The molecule has 212 valence electrons. The second-order valence-electron chi connectivity index (χ2n) is 10.4. The first kappa shape index (κ1) is 27.8. The largest absolute Gasteiger partial charge is 0.507 e. The molecule has 2 heterocycles. The molecular weight excluding hydrogens is 520 g/mol. The Hall–Kier alpha value is -4.72. The molecule has 1 unspecified atom stereocenters. The molecule has 1 amide bonds. The maximum atomic E-state index is 13.5. The Morgan fingerprint density at radius 3 is 2.32 bits per heavy atom. The number of H-pyrrole nitrogens is 1. The molecule has 3 aromatic carbocycles. The molecular formula is C33H34N2O6. The Morgan fingerprint density at radius 2 is 1.66 bits per heavy atom. The summed E-state index contributed by atoms with van der Waals surface area (Å²) in [6.07, 6.45) is 2.41. The molecule has 1 atom stereocenters. The second-order valence-corrected chi connectivity index (χ2v) is 10.4. The molecule has 0 saturated carbocycles. The number of nitrogens with zero attached hydrogens (tertiary/aromatic N) is 1. The van der Waals surface area contributed by atoms with Crippen LogP contribution in [0.1, 0.15) is 48.1 Å². The molecule has 0 bridgehead atoms. The Morgan fingerprint density at radius 1 is 0.927 bits per heavy atom. The monoisotopic (exact) mass is 554 g/mol. The van der Waals surface area contributed by atoms with Crippen molar-refractivity contribution in [3.8, 4) is 17.2 Å². The Balaban J connectivity index is 1.57. The van der Waals surface area contributed by atoms with Crippen molar-refractivity contribution in [2.45, 2.75) is 32.2 Å². The number of rotatable bonds is 9. The Kier molecular flexibility index (Phi) is 7.75. The summed E-state index contributed by atoms with van der Waals surface area (Å²) in [4.78, 5) is 31.9. The number of nitrogens with one attached hydrogen (secondary N) is 1. The number of carbonyl (C=O) groups is 2. The minimum absolute atomic E-state index is 0.0418. The van der Waals surface area contributed by atoms with Gasteiger partial charge in [-0.25, -0.2) is 0 Å². The molecule has 0 spiro atoms. The lowest BCUT2D eigenvalue weighted by molar-refractivity contribution is -0.139. The maximum absolute atomic E-state index is 13.5. The molecule has 41 heavy (non-hydrogen) atoms. The maximum Gasteiger partial charge on any atom is 0.295 e. The molecule has 1 aromatic heterocycles. The molecule has 5 rings (SSSR count). The molecule has 1 saturated heterocycles. The van der Waals surface area contributed by atoms with Crippen LogP contribution in [0.25, 0.3) is 16.7 Å². The standard InChI is InChI=1S/C33H34N2O6/c1-19(2)20-6-8-21(9-7-20)30-29(31(36)22-10-13-27(40-4)28(16-22)41-5)32(37)33(38)35(30)15-14-23-18-34-26-12-11-24(39-3)17-25(23)26/h6-13,16-19,30,34,36H,14-15H2,1-5H3/b31-29-. The minimum Gasteiger partial charge on any atom is -0.507 e. The molecule has 0 aliphatic carbocycles. The van der Waals surface area contributed by atoms with Gasteiger partial charge in [-0.05, 0) is 65.4 Å². The summed E-state index contributed by atoms with van der Waals surface area (Å²) < 4.78 is 16.1. The van der Waals surface area contributed by atoms with Crippen molar-refractivity contribution in [2.24, 2.45) is 0 Å². The number of aliphatic hydroxyl groups is 1. The van der Waals surface area contributed by atoms with Crippen molar-refractivity contribution < 1.29 is 28.9 Å². The first-order valence-corrected chi connectivity index (χ1v) is 13.5. The van der Waals surface area contributed by atoms with Crippen LogP contribution in [0, 0.1) is 0 Å². The lowest BCUT2D eigenvalue weighted by Crippen LogP contribution is -2.31. The van der Waals surface area contributed by atoms with Gasteiger partial charge in [0.05, 0.1) is 32.9 Å². The topological polar surface area (TPSA) is 101 Å². The molecule has 1 aliphatic heterocycles. The van der Waals surface area contributed by atoms with Crippen molar-refractivity contribution in [3.63, 3.8) is 0 Å². The highest BCUT2D eigenvalue weighted by atomic mass is 16.5. The van der Waals surface area contributed by atoms with Crippen LogP contribution >= 0.6 is 0 Å². The van der Waals surface area contributed by atoms with Gasteiger partial charge in [0, 0.05) is 29.2 Å². The summed E-state index contributed by atoms with van der Waals surface area (Å²) in [5, 5.41) is 12.5. The van der Waals surface area contributed by atoms with Crippen LogP contribution in [-0.4, -0.2) is 54.6 Å². The van der Waals surface area contributed by atoms with Crippen molar-refractivity contribution in [3.05, 3.63) is 94.7 Å². The number of aromatic amines is 1. The number of carbonyl (C=O) groups excluding carboxylic acids is 2. The number of likely N-dealkylation sites (tertiary alicyclic amines) is 1. The first-order valence-electron chi connectivity index (χ1n) is 13.5. The van der Waals surface area contributed by atoms with E-state index < -0.39 is 17.7 Å². The lowest BCUT2D eigenvalue weighted by atomic mass is 9.93. The summed E-state index contributed by atoms with van der Waals surface area (Å²) >= 11 is 0. The van der Waals surface area contributed by atoms with E-state index in [1.165, 1.54) is 14.2 Å². The zero-order valence-corrected chi connectivity index (χ0v) is 23.9. The van der Waals surface area contributed by atoms with Gasteiger partial charge in [-0.3, -0.25) is 9.59 Å². The summed E-state index contributed by atoms with van der Waals surface area (Å²) in [6, 6.07) is 17.8. The second kappa shape index (κ2) is 11.4. The van der Waals surface area contributed by atoms with Crippen LogP contribution in [0.4, 0.5) is 0 Å². The van der Waals surface area contributed by atoms with Crippen LogP contribution in [0.3, 0.4) is 0 Å². The van der Waals surface area contributed by atoms with Crippen LogP contribution < -0.4 is 14.2 Å². The number of aromatic nitrogens is 1. The molecule has 2 N–H and O–H groups in total. The molecule has 8 heteroatoms. The molecule has 1 aliphatic rings. The van der Waals surface area contributed by atoms with Crippen molar-refractivity contribution in [1.82, 2.24) is 9.88 Å². The third-order valence-corrected chi connectivity index (χ3v) is 7.71. The van der Waals surface area contributed by atoms with Crippen LogP contribution in [0.2, 0.25) is 0 Å². The van der Waals surface area contributed by atoms with Crippen molar-refractivity contribution in [1.29, 1.82) is 0 Å². The van der Waals surface area contributed by atoms with E-state index in [0.717, 1.165) is 33.3 Å². The first-order chi connectivity index (χ1) is 19.8. The van der Waals surface area contributed by atoms with Gasteiger partial charge in [-0.15, -0.1) is 0 Å². The highest BCUT2D eigenvalue weighted by Gasteiger charge is 2.46. The van der Waals surface area contributed by atoms with E-state index in [4.69, 9.17) is 14.2 Å². The van der Waals surface area contributed by atoms with E-state index in [9.17, 15) is 14.7 Å². The number of benzene rings is 3. The lowest BCUT2D eigenvalue weighted by Gasteiger charge is -2.26. The average Bonchev–Trinajstić information content (AvgIpc) is 3.52. The number of fused-ring (bicyclic) bond motifs is 1. The SMILES string of the molecule is COc1ccc2[nH]cc(CCN3C(=O)C(=O)/C(=C(\O)c4ccc(OC)c(OC)c4)C3c3ccc(C(C)C)cc3)c2c1. The van der Waals surface area contributed by atoms with E-state index in [2.05, 4.69) is 18.8 Å². The van der Waals surface area contributed by atoms with E-state index >= 15 is 0 Å². The van der Waals surface area contributed by atoms with Gasteiger partial charge in [0.2, 0.25) is 0 Å². The number of hydrogen-bond acceptors (Lipinski definition) is 6. The fraction of sp³-hybridized carbons (Fsp3) is 0.273. The highest BCUT2D eigenvalue weighted by Crippen LogP contribution is 2.41. The van der Waals surface area contributed by atoms with Gasteiger partial charge < -0.3 is 29.2 Å². The molecule has 1 fully saturated rings. The highest BCUT2D eigenvalue weighted by molar-refractivity contribution is 6.46. The number of ether oxygens (including phenoxy) is 3. The quantitative estimate of drug-likeness (QED) is 0.150. The normalized spacial score (nSPS) is 16.5. The number of ketones is 1. The van der Waals surface area contributed by atoms with Gasteiger partial charge in [0.25, 0.3) is 11.7 Å². The Bertz CT molecular complexity index is 1630. The smallest absolute Gasteiger partial charge is 0.295 e. The average molecular weight is 555 g/mol. The fourth-order valence-electron chi connectivity index (χ4n) is 5.39. The molecule has 8 nitrogen and oxygen atoms in total. The molecule has 0 radical (unpaired) electrons. The number of amides is 1. The van der Waals surface area contributed by atoms with Gasteiger partial charge in [-0.1, -0.05) is 38.1 Å². The van der Waals surface area contributed by atoms with Gasteiger partial charge in [-0.2, -0.15) is 0 Å². The van der Waals surface area contributed by atoms with E-state index in [0.29, 0.717) is 29.4 Å². The van der Waals surface area contributed by atoms with Crippen molar-refractivity contribution in [2.75, 3.05) is 27.9 Å².